The first kappa shape index (κ1) is 18.8. The van der Waals surface area contributed by atoms with E-state index in [1.807, 2.05) is 61.5 Å². The zero-order chi connectivity index (χ0) is 19.2. The number of carbonyl (C=O) groups excluding carboxylic acids is 1. The van der Waals surface area contributed by atoms with Crippen molar-refractivity contribution in [3.8, 4) is 0 Å². The van der Waals surface area contributed by atoms with Crippen molar-refractivity contribution >= 4 is 17.4 Å². The molecule has 0 aromatic heterocycles. The molecule has 1 atom stereocenters. The Morgan fingerprint density at radius 2 is 1.85 bits per heavy atom. The van der Waals surface area contributed by atoms with Gasteiger partial charge in [0.1, 0.15) is 0 Å². The maximum absolute atomic E-state index is 11.6. The number of hydrogen-bond donors (Lipinski definition) is 2. The van der Waals surface area contributed by atoms with E-state index in [0.29, 0.717) is 12.8 Å². The van der Waals surface area contributed by atoms with Gasteiger partial charge in [0.2, 0.25) is 5.91 Å². The van der Waals surface area contributed by atoms with Crippen LogP contribution in [0.3, 0.4) is 0 Å². The molecule has 27 heavy (non-hydrogen) atoms. The zero-order valence-electron chi connectivity index (χ0n) is 15.9. The summed E-state index contributed by atoms with van der Waals surface area (Å²) in [5, 5.41) is 7.69. The van der Waals surface area contributed by atoms with E-state index in [0.717, 1.165) is 28.3 Å². The van der Waals surface area contributed by atoms with Gasteiger partial charge < -0.3 is 15.4 Å². The van der Waals surface area contributed by atoms with Crippen LogP contribution < -0.4 is 10.6 Å². The Labute approximate surface area is 159 Å². The molecule has 2 N–H and O–H groups in total. The minimum Gasteiger partial charge on any atom is -0.448 e. The molecule has 0 saturated heterocycles. The molecule has 2 aromatic rings. The number of nitrogens with one attached hydrogen (secondary N) is 2. The number of hydroxylamine groups is 2. The number of carbonyl (C=O) groups is 1. The fourth-order valence-electron chi connectivity index (χ4n) is 3.11. The average Bonchev–Trinajstić information content (AvgIpc) is 3.02. The first-order valence-corrected chi connectivity index (χ1v) is 8.95. The fourth-order valence-corrected chi connectivity index (χ4v) is 3.11. The van der Waals surface area contributed by atoms with Crippen LogP contribution in [0.15, 0.2) is 60.3 Å². The van der Waals surface area contributed by atoms with Crippen molar-refractivity contribution in [3.05, 3.63) is 71.4 Å². The summed E-state index contributed by atoms with van der Waals surface area (Å²) in [6.45, 7) is 1.96. The number of benzene rings is 2. The van der Waals surface area contributed by atoms with Crippen molar-refractivity contribution in [2.75, 3.05) is 19.5 Å². The van der Waals surface area contributed by atoms with Crippen molar-refractivity contribution in [1.29, 1.82) is 0 Å². The minimum atomic E-state index is -0.473. The molecule has 1 amide bonds. The molecule has 1 aliphatic heterocycles. The molecule has 3 rings (SSSR count). The summed E-state index contributed by atoms with van der Waals surface area (Å²) in [7, 11) is 3.27. The third kappa shape index (κ3) is 4.23. The van der Waals surface area contributed by atoms with Gasteiger partial charge in [0.15, 0.2) is 5.76 Å². The summed E-state index contributed by atoms with van der Waals surface area (Å²) in [4.78, 5) is 17.2. The lowest BCUT2D eigenvalue weighted by molar-refractivity contribution is -0.162. The largest absolute Gasteiger partial charge is 0.448 e. The topological polar surface area (TPSA) is 62.8 Å². The third-order valence-electron chi connectivity index (χ3n) is 4.52. The van der Waals surface area contributed by atoms with Gasteiger partial charge in [0, 0.05) is 24.7 Å². The highest BCUT2D eigenvalue weighted by atomic mass is 16.7. The number of ether oxygens (including phenoxy) is 1. The Morgan fingerprint density at radius 3 is 2.56 bits per heavy atom. The van der Waals surface area contributed by atoms with E-state index < -0.39 is 6.35 Å². The summed E-state index contributed by atoms with van der Waals surface area (Å²) < 4.78 is 6.21. The summed E-state index contributed by atoms with van der Waals surface area (Å²) in [6.07, 6.45) is 0.596. The first-order valence-electron chi connectivity index (χ1n) is 8.95. The lowest BCUT2D eigenvalue weighted by atomic mass is 10.0. The number of rotatable bonds is 7. The molecule has 0 saturated carbocycles. The van der Waals surface area contributed by atoms with Crippen LogP contribution in [0.25, 0.3) is 5.76 Å². The van der Waals surface area contributed by atoms with E-state index >= 15 is 0 Å². The van der Waals surface area contributed by atoms with Gasteiger partial charge in [-0.25, -0.2) is 0 Å². The maximum Gasteiger partial charge on any atom is 0.273 e. The van der Waals surface area contributed by atoms with Gasteiger partial charge in [-0.2, -0.15) is 5.06 Å². The van der Waals surface area contributed by atoms with Crippen LogP contribution in [0.5, 0.6) is 0 Å². The molecule has 2 aromatic carbocycles. The van der Waals surface area contributed by atoms with Crippen molar-refractivity contribution in [1.82, 2.24) is 10.4 Å². The highest BCUT2D eigenvalue weighted by molar-refractivity contribution is 5.76. The Balaban J connectivity index is 1.84. The molecule has 0 radical (unpaired) electrons. The second kappa shape index (κ2) is 8.60. The number of anilines is 1. The molecule has 6 nitrogen and oxygen atoms in total. The molecular formula is C21H25N3O3. The highest BCUT2D eigenvalue weighted by Gasteiger charge is 2.33. The number of allylic oxidation sites excluding steroid dienone is 1. The molecule has 0 bridgehead atoms. The van der Waals surface area contributed by atoms with Crippen molar-refractivity contribution in [2.45, 2.75) is 26.1 Å². The van der Waals surface area contributed by atoms with Crippen LogP contribution in [-0.2, 0) is 20.8 Å². The molecule has 0 fully saturated rings. The van der Waals surface area contributed by atoms with Crippen molar-refractivity contribution in [2.24, 2.45) is 0 Å². The molecule has 1 heterocycles. The third-order valence-corrected chi connectivity index (χ3v) is 4.52. The number of para-hydroxylation sites is 1. The van der Waals surface area contributed by atoms with Crippen LogP contribution >= 0.6 is 0 Å². The average molecular weight is 367 g/mol. The molecule has 1 unspecified atom stereocenters. The van der Waals surface area contributed by atoms with Crippen LogP contribution in [0.2, 0.25) is 0 Å². The summed E-state index contributed by atoms with van der Waals surface area (Å²) in [5.74, 6) is 0.766. The summed E-state index contributed by atoms with van der Waals surface area (Å²) in [5.41, 5.74) is 3.84. The van der Waals surface area contributed by atoms with Gasteiger partial charge in [-0.1, -0.05) is 42.5 Å². The maximum atomic E-state index is 11.6. The van der Waals surface area contributed by atoms with E-state index in [-0.39, 0.29) is 5.91 Å². The van der Waals surface area contributed by atoms with Crippen LogP contribution in [0.4, 0.5) is 5.69 Å². The lowest BCUT2D eigenvalue weighted by Crippen LogP contribution is -2.36. The predicted molar refractivity (Wildman–Crippen MR) is 105 cm³/mol. The van der Waals surface area contributed by atoms with Gasteiger partial charge in [-0.3, -0.25) is 9.63 Å². The molecule has 142 valence electrons. The quantitative estimate of drug-likeness (QED) is 0.786. The van der Waals surface area contributed by atoms with Gasteiger partial charge in [0.05, 0.1) is 12.8 Å². The van der Waals surface area contributed by atoms with Crippen LogP contribution in [0, 0.1) is 0 Å². The van der Waals surface area contributed by atoms with E-state index in [1.54, 1.807) is 19.2 Å². The van der Waals surface area contributed by atoms with E-state index in [9.17, 15) is 4.79 Å². The van der Waals surface area contributed by atoms with Crippen LogP contribution in [-0.4, -0.2) is 31.5 Å². The smallest absolute Gasteiger partial charge is 0.273 e. The van der Waals surface area contributed by atoms with Crippen LogP contribution in [0.1, 0.15) is 24.5 Å². The standard InChI is InChI=1S/C21H25N3O3/c1-15-20(18-12-8-7-9-16(18)13-14-19(25)22-2)27-21(24(15)26-3)23-17-10-5-4-6-11-17/h4-12,21,23H,13-14H2,1-3H3,(H,22,25). The van der Waals surface area contributed by atoms with E-state index in [1.165, 1.54) is 0 Å². The predicted octanol–water partition coefficient (Wildman–Crippen LogP) is 3.34. The number of amides is 1. The lowest BCUT2D eigenvalue weighted by Gasteiger charge is -2.25. The number of hydrogen-bond acceptors (Lipinski definition) is 5. The number of nitrogens with zero attached hydrogens (tertiary/aromatic N) is 1. The Kier molecular flexibility index (Phi) is 5.98. The van der Waals surface area contributed by atoms with Gasteiger partial charge in [-0.05, 0) is 31.0 Å². The normalized spacial score (nSPS) is 16.3. The van der Waals surface area contributed by atoms with Crippen molar-refractivity contribution in [3.63, 3.8) is 0 Å². The van der Waals surface area contributed by atoms with Gasteiger partial charge in [-0.15, -0.1) is 0 Å². The van der Waals surface area contributed by atoms with E-state index in [2.05, 4.69) is 10.6 Å². The second-order valence-corrected chi connectivity index (χ2v) is 6.23. The van der Waals surface area contributed by atoms with E-state index in [4.69, 9.17) is 9.57 Å². The van der Waals surface area contributed by atoms with Crippen molar-refractivity contribution < 1.29 is 14.4 Å². The summed E-state index contributed by atoms with van der Waals surface area (Å²) >= 11 is 0. The minimum absolute atomic E-state index is 0.0185. The monoisotopic (exact) mass is 367 g/mol. The fraction of sp³-hybridized carbons (Fsp3) is 0.286. The SMILES string of the molecule is CNC(=O)CCc1ccccc1C1=C(C)N(OC)C(Nc2ccccc2)O1. The molecule has 0 aliphatic carbocycles. The van der Waals surface area contributed by atoms with Gasteiger partial charge in [0.25, 0.3) is 6.35 Å². The zero-order valence-corrected chi connectivity index (χ0v) is 15.9. The first-order chi connectivity index (χ1) is 13.1. The molecule has 0 spiro atoms. The molecule has 1 aliphatic rings. The van der Waals surface area contributed by atoms with Gasteiger partial charge >= 0.3 is 0 Å². The molecular weight excluding hydrogens is 342 g/mol. The Morgan fingerprint density at radius 1 is 1.15 bits per heavy atom. The molecule has 6 heteroatoms. The second-order valence-electron chi connectivity index (χ2n) is 6.23. The summed E-state index contributed by atoms with van der Waals surface area (Å²) in [6, 6.07) is 17.8. The highest BCUT2D eigenvalue weighted by Crippen LogP contribution is 2.35. The number of aryl methyl sites for hydroxylation is 1. The Hall–Kier alpha value is -2.99. The Bertz CT molecular complexity index is 820.